The monoisotopic (exact) mass is 233 g/mol. The molecule has 1 heterocycles. The number of hydrogen-bond acceptors (Lipinski definition) is 3. The van der Waals surface area contributed by atoms with Gasteiger partial charge in [-0.1, -0.05) is 24.3 Å². The van der Waals surface area contributed by atoms with Crippen LogP contribution in [0.1, 0.15) is 36.9 Å². The van der Waals surface area contributed by atoms with Crippen molar-refractivity contribution < 1.29 is 9.53 Å². The average Bonchev–Trinajstić information content (AvgIpc) is 2.79. The third-order valence-electron chi connectivity index (χ3n) is 3.28. The zero-order chi connectivity index (χ0) is 12.3. The number of ether oxygens (including phenoxy) is 1. The molecule has 3 heteroatoms. The van der Waals surface area contributed by atoms with E-state index < -0.39 is 0 Å². The maximum atomic E-state index is 11.6. The average molecular weight is 233 g/mol. The van der Waals surface area contributed by atoms with Crippen molar-refractivity contribution >= 4 is 5.97 Å². The van der Waals surface area contributed by atoms with Crippen LogP contribution in [-0.2, 0) is 9.53 Å². The Kier molecular flexibility index (Phi) is 3.79. The Morgan fingerprint density at radius 3 is 2.88 bits per heavy atom. The topological polar surface area (TPSA) is 38.3 Å². The Morgan fingerprint density at radius 1 is 1.41 bits per heavy atom. The fourth-order valence-electron chi connectivity index (χ4n) is 2.39. The van der Waals surface area contributed by atoms with Crippen molar-refractivity contribution in [2.75, 3.05) is 6.61 Å². The summed E-state index contributed by atoms with van der Waals surface area (Å²) in [5.74, 6) is -0.122. The van der Waals surface area contributed by atoms with Crippen LogP contribution in [0, 0.1) is 6.92 Å². The molecule has 0 saturated carbocycles. The van der Waals surface area contributed by atoms with Gasteiger partial charge >= 0.3 is 5.97 Å². The van der Waals surface area contributed by atoms with E-state index in [1.807, 2.05) is 19.1 Å². The summed E-state index contributed by atoms with van der Waals surface area (Å²) in [5.41, 5.74) is 2.56. The largest absolute Gasteiger partial charge is 0.465 e. The highest BCUT2D eigenvalue weighted by Gasteiger charge is 2.31. The van der Waals surface area contributed by atoms with Gasteiger partial charge in [0.2, 0.25) is 0 Å². The first-order valence-corrected chi connectivity index (χ1v) is 6.20. The summed E-state index contributed by atoms with van der Waals surface area (Å²) in [7, 11) is 0. The zero-order valence-electron chi connectivity index (χ0n) is 10.4. The maximum absolute atomic E-state index is 11.6. The summed E-state index contributed by atoms with van der Waals surface area (Å²) < 4.78 is 5.04. The lowest BCUT2D eigenvalue weighted by Crippen LogP contribution is -2.33. The van der Waals surface area contributed by atoms with Gasteiger partial charge in [-0.3, -0.25) is 10.1 Å². The highest BCUT2D eigenvalue weighted by molar-refractivity contribution is 5.76. The molecule has 1 aliphatic heterocycles. The second-order valence-electron chi connectivity index (χ2n) is 4.46. The van der Waals surface area contributed by atoms with Crippen LogP contribution in [-0.4, -0.2) is 18.6 Å². The summed E-state index contributed by atoms with van der Waals surface area (Å²) in [6.07, 6.45) is 1.85. The van der Waals surface area contributed by atoms with E-state index in [0.29, 0.717) is 6.61 Å². The second kappa shape index (κ2) is 5.32. The maximum Gasteiger partial charge on any atom is 0.323 e. The Morgan fingerprint density at radius 2 is 2.18 bits per heavy atom. The molecule has 1 aromatic rings. The Bertz CT molecular complexity index is 403. The highest BCUT2D eigenvalue weighted by Crippen LogP contribution is 2.28. The molecule has 1 aromatic carbocycles. The van der Waals surface area contributed by atoms with Crippen LogP contribution in [0.4, 0.5) is 0 Å². The van der Waals surface area contributed by atoms with Gasteiger partial charge in [0.05, 0.1) is 6.61 Å². The van der Waals surface area contributed by atoms with E-state index in [-0.39, 0.29) is 18.1 Å². The van der Waals surface area contributed by atoms with Crippen LogP contribution in [0.15, 0.2) is 24.3 Å². The summed E-state index contributed by atoms with van der Waals surface area (Å²) in [6, 6.07) is 8.46. The van der Waals surface area contributed by atoms with E-state index in [4.69, 9.17) is 4.74 Å². The first kappa shape index (κ1) is 12.1. The van der Waals surface area contributed by atoms with E-state index in [0.717, 1.165) is 12.8 Å². The molecule has 3 nitrogen and oxygen atoms in total. The third-order valence-corrected chi connectivity index (χ3v) is 3.28. The first-order chi connectivity index (χ1) is 8.22. The molecule has 17 heavy (non-hydrogen) atoms. The van der Waals surface area contributed by atoms with Crippen molar-refractivity contribution in [2.24, 2.45) is 0 Å². The quantitative estimate of drug-likeness (QED) is 0.814. The number of aryl methyl sites for hydroxylation is 1. The number of esters is 1. The van der Waals surface area contributed by atoms with Gasteiger partial charge in [0.1, 0.15) is 6.04 Å². The number of carbonyl (C=O) groups excluding carboxylic acids is 1. The number of benzene rings is 1. The van der Waals surface area contributed by atoms with Gasteiger partial charge in [-0.25, -0.2) is 0 Å². The molecule has 0 amide bonds. The van der Waals surface area contributed by atoms with E-state index in [1.165, 1.54) is 11.1 Å². The van der Waals surface area contributed by atoms with Crippen LogP contribution >= 0.6 is 0 Å². The molecule has 2 atom stereocenters. The Labute approximate surface area is 102 Å². The molecule has 1 fully saturated rings. The van der Waals surface area contributed by atoms with Crippen LogP contribution in [0.5, 0.6) is 0 Å². The van der Waals surface area contributed by atoms with Crippen molar-refractivity contribution in [3.63, 3.8) is 0 Å². The Hall–Kier alpha value is -1.35. The lowest BCUT2D eigenvalue weighted by molar-refractivity contribution is -0.145. The molecular formula is C14H19NO2. The van der Waals surface area contributed by atoms with Gasteiger partial charge in [0.25, 0.3) is 0 Å². The standard InChI is InChI=1S/C14H19NO2/c1-3-17-14(16)13-9-8-12(15-13)11-7-5-4-6-10(11)2/h4-7,12-13,15H,3,8-9H2,1-2H3/t12-,13+/m1/s1. The normalized spacial score (nSPS) is 23.6. The van der Waals surface area contributed by atoms with E-state index in [1.54, 1.807) is 0 Å². The number of nitrogens with one attached hydrogen (secondary N) is 1. The smallest absolute Gasteiger partial charge is 0.323 e. The van der Waals surface area contributed by atoms with Gasteiger partial charge in [0.15, 0.2) is 0 Å². The molecular weight excluding hydrogens is 214 g/mol. The van der Waals surface area contributed by atoms with Crippen molar-refractivity contribution in [1.82, 2.24) is 5.32 Å². The lowest BCUT2D eigenvalue weighted by Gasteiger charge is -2.15. The first-order valence-electron chi connectivity index (χ1n) is 6.20. The van der Waals surface area contributed by atoms with Crippen molar-refractivity contribution in [2.45, 2.75) is 38.8 Å². The molecule has 0 aliphatic carbocycles. The molecule has 1 aliphatic rings. The van der Waals surface area contributed by atoms with Crippen LogP contribution in [0.2, 0.25) is 0 Å². The number of hydrogen-bond donors (Lipinski definition) is 1. The summed E-state index contributed by atoms with van der Waals surface area (Å²) in [6.45, 7) is 4.40. The fourth-order valence-corrected chi connectivity index (χ4v) is 2.39. The summed E-state index contributed by atoms with van der Waals surface area (Å²) in [4.78, 5) is 11.6. The molecule has 92 valence electrons. The van der Waals surface area contributed by atoms with Gasteiger partial charge < -0.3 is 4.74 Å². The molecule has 1 N–H and O–H groups in total. The van der Waals surface area contributed by atoms with Crippen molar-refractivity contribution in [1.29, 1.82) is 0 Å². The minimum absolute atomic E-state index is 0.122. The fraction of sp³-hybridized carbons (Fsp3) is 0.500. The second-order valence-corrected chi connectivity index (χ2v) is 4.46. The molecule has 2 rings (SSSR count). The molecule has 1 saturated heterocycles. The molecule has 0 radical (unpaired) electrons. The molecule has 0 bridgehead atoms. The minimum atomic E-state index is -0.139. The van der Waals surface area contributed by atoms with Crippen LogP contribution in [0.3, 0.4) is 0 Å². The third kappa shape index (κ3) is 2.67. The highest BCUT2D eigenvalue weighted by atomic mass is 16.5. The predicted octanol–water partition coefficient (Wildman–Crippen LogP) is 2.35. The predicted molar refractivity (Wildman–Crippen MR) is 66.7 cm³/mol. The van der Waals surface area contributed by atoms with Crippen molar-refractivity contribution in [3.8, 4) is 0 Å². The number of carbonyl (C=O) groups is 1. The van der Waals surface area contributed by atoms with Gasteiger partial charge in [-0.05, 0) is 37.8 Å². The summed E-state index contributed by atoms with van der Waals surface area (Å²) >= 11 is 0. The molecule has 0 unspecified atom stereocenters. The lowest BCUT2D eigenvalue weighted by atomic mass is 10.0. The SMILES string of the molecule is CCOC(=O)[C@@H]1CC[C@H](c2ccccc2C)N1. The summed E-state index contributed by atoms with van der Waals surface area (Å²) in [5, 5.41) is 3.36. The van der Waals surface area contributed by atoms with E-state index in [2.05, 4.69) is 24.4 Å². The van der Waals surface area contributed by atoms with E-state index >= 15 is 0 Å². The molecule has 0 aromatic heterocycles. The van der Waals surface area contributed by atoms with Gasteiger partial charge in [0, 0.05) is 6.04 Å². The van der Waals surface area contributed by atoms with Crippen LogP contribution in [0.25, 0.3) is 0 Å². The van der Waals surface area contributed by atoms with Gasteiger partial charge in [-0.15, -0.1) is 0 Å². The van der Waals surface area contributed by atoms with Crippen molar-refractivity contribution in [3.05, 3.63) is 35.4 Å². The van der Waals surface area contributed by atoms with Gasteiger partial charge in [-0.2, -0.15) is 0 Å². The van der Waals surface area contributed by atoms with Crippen LogP contribution < -0.4 is 5.32 Å². The zero-order valence-corrected chi connectivity index (χ0v) is 10.4. The Balaban J connectivity index is 2.03. The number of rotatable bonds is 3. The van der Waals surface area contributed by atoms with E-state index in [9.17, 15) is 4.79 Å². The molecule has 0 spiro atoms. The minimum Gasteiger partial charge on any atom is -0.465 e.